The predicted molar refractivity (Wildman–Crippen MR) is 103 cm³/mol. The summed E-state index contributed by atoms with van der Waals surface area (Å²) < 4.78 is 1.88. The number of amides is 1. The second-order valence-electron chi connectivity index (χ2n) is 5.78. The van der Waals surface area contributed by atoms with E-state index < -0.39 is 0 Å². The molecule has 0 atom stereocenters. The molecule has 1 amide bonds. The minimum atomic E-state index is -0.0513. The quantitative estimate of drug-likeness (QED) is 0.706. The molecular weight excluding hydrogens is 330 g/mol. The van der Waals surface area contributed by atoms with Crippen LogP contribution in [0.5, 0.6) is 0 Å². The van der Waals surface area contributed by atoms with E-state index >= 15 is 0 Å². The van der Waals surface area contributed by atoms with Crippen molar-refractivity contribution in [1.82, 2.24) is 15.1 Å². The summed E-state index contributed by atoms with van der Waals surface area (Å²) in [6, 6.07) is 17.8. The molecule has 1 heterocycles. The van der Waals surface area contributed by atoms with Crippen LogP contribution in [-0.2, 0) is 18.8 Å². The highest BCUT2D eigenvalue weighted by Crippen LogP contribution is 2.12. The van der Waals surface area contributed by atoms with Gasteiger partial charge in [-0.25, -0.2) is 0 Å². The van der Waals surface area contributed by atoms with Gasteiger partial charge in [0.1, 0.15) is 0 Å². The summed E-state index contributed by atoms with van der Waals surface area (Å²) in [4.78, 5) is 12.4. The molecule has 0 aliphatic carbocycles. The number of aromatic nitrogens is 2. The summed E-state index contributed by atoms with van der Waals surface area (Å²) in [5.74, 6) is 0.910. The fraction of sp³-hybridized carbons (Fsp3) is 0.200. The normalized spacial score (nSPS) is 10.6. The van der Waals surface area contributed by atoms with Crippen LogP contribution < -0.4 is 5.32 Å². The largest absolute Gasteiger partial charge is 0.348 e. The third-order valence-electron chi connectivity index (χ3n) is 3.98. The van der Waals surface area contributed by atoms with Gasteiger partial charge in [-0.05, 0) is 41.1 Å². The van der Waals surface area contributed by atoms with Crippen LogP contribution in [0.25, 0.3) is 0 Å². The molecular formula is C20H21N3OS. The highest BCUT2D eigenvalue weighted by Gasteiger charge is 2.08. The van der Waals surface area contributed by atoms with Gasteiger partial charge in [-0.2, -0.15) is 16.9 Å². The Kier molecular flexibility index (Phi) is 5.90. The van der Waals surface area contributed by atoms with E-state index in [2.05, 4.69) is 22.7 Å². The molecule has 3 rings (SSSR count). The first-order chi connectivity index (χ1) is 12.3. The van der Waals surface area contributed by atoms with Crippen LogP contribution in [0.2, 0.25) is 0 Å². The zero-order valence-electron chi connectivity index (χ0n) is 14.2. The van der Waals surface area contributed by atoms with Crippen molar-refractivity contribution in [1.29, 1.82) is 0 Å². The van der Waals surface area contributed by atoms with E-state index in [1.54, 1.807) is 18.0 Å². The van der Waals surface area contributed by atoms with Crippen molar-refractivity contribution in [3.8, 4) is 0 Å². The first kappa shape index (κ1) is 17.3. The fourth-order valence-corrected chi connectivity index (χ4v) is 3.18. The van der Waals surface area contributed by atoms with Crippen molar-refractivity contribution in [2.24, 2.45) is 0 Å². The third-order valence-corrected chi connectivity index (χ3v) is 4.60. The lowest BCUT2D eigenvalue weighted by atomic mass is 10.1. The molecule has 0 aliphatic heterocycles. The first-order valence-corrected chi connectivity index (χ1v) is 9.56. The van der Waals surface area contributed by atoms with E-state index in [4.69, 9.17) is 0 Å². The van der Waals surface area contributed by atoms with Crippen molar-refractivity contribution < 1.29 is 4.79 Å². The van der Waals surface area contributed by atoms with Gasteiger partial charge >= 0.3 is 0 Å². The third kappa shape index (κ3) is 4.73. The summed E-state index contributed by atoms with van der Waals surface area (Å²) >= 11 is 1.77. The second kappa shape index (κ2) is 8.53. The summed E-state index contributed by atoms with van der Waals surface area (Å²) in [6.07, 6.45) is 5.78. The lowest BCUT2D eigenvalue weighted by Crippen LogP contribution is -2.23. The van der Waals surface area contributed by atoms with Gasteiger partial charge in [-0.1, -0.05) is 36.4 Å². The van der Waals surface area contributed by atoms with Crippen LogP contribution in [0.4, 0.5) is 0 Å². The van der Waals surface area contributed by atoms with Gasteiger partial charge in [-0.15, -0.1) is 0 Å². The van der Waals surface area contributed by atoms with Gasteiger partial charge in [0.2, 0.25) is 0 Å². The minimum Gasteiger partial charge on any atom is -0.348 e. The van der Waals surface area contributed by atoms with Crippen molar-refractivity contribution in [2.45, 2.75) is 18.8 Å². The van der Waals surface area contributed by atoms with E-state index in [1.807, 2.05) is 59.4 Å². The summed E-state index contributed by atoms with van der Waals surface area (Å²) in [5, 5.41) is 7.26. The number of carbonyl (C=O) groups is 1. The first-order valence-electron chi connectivity index (χ1n) is 8.16. The van der Waals surface area contributed by atoms with Crippen LogP contribution >= 0.6 is 11.8 Å². The maximum absolute atomic E-state index is 12.4. The highest BCUT2D eigenvalue weighted by molar-refractivity contribution is 7.97. The average Bonchev–Trinajstić information content (AvgIpc) is 3.15. The smallest absolute Gasteiger partial charge is 0.251 e. The van der Waals surface area contributed by atoms with Crippen LogP contribution in [-0.4, -0.2) is 21.9 Å². The molecule has 0 fully saturated rings. The SMILES string of the molecule is CSCc1ccc(C(=O)NCc2ccccc2Cn2cccn2)cc1. The van der Waals surface area contributed by atoms with Crippen LogP contribution in [0, 0.1) is 0 Å². The molecule has 4 nitrogen and oxygen atoms in total. The number of nitrogens with one attached hydrogen (secondary N) is 1. The Bertz CT molecular complexity index is 813. The molecule has 0 spiro atoms. The maximum atomic E-state index is 12.4. The van der Waals surface area contributed by atoms with Gasteiger partial charge in [0.15, 0.2) is 0 Å². The highest BCUT2D eigenvalue weighted by atomic mass is 32.2. The number of thioether (sulfide) groups is 1. The lowest BCUT2D eigenvalue weighted by molar-refractivity contribution is 0.0951. The zero-order valence-corrected chi connectivity index (χ0v) is 15.0. The Morgan fingerprint density at radius 1 is 1.08 bits per heavy atom. The standard InChI is InChI=1S/C20H21N3OS/c1-25-15-16-7-9-17(10-8-16)20(24)21-13-18-5-2-3-6-19(18)14-23-12-4-11-22-23/h2-12H,13-15H2,1H3,(H,21,24). The summed E-state index contributed by atoms with van der Waals surface area (Å²) in [5.41, 5.74) is 4.18. The van der Waals surface area contributed by atoms with Gasteiger partial charge in [0.05, 0.1) is 6.54 Å². The number of nitrogens with zero attached hydrogens (tertiary/aromatic N) is 2. The fourth-order valence-electron chi connectivity index (χ4n) is 2.65. The summed E-state index contributed by atoms with van der Waals surface area (Å²) in [7, 11) is 0. The van der Waals surface area contributed by atoms with Crippen LogP contribution in [0.1, 0.15) is 27.0 Å². The Labute approximate surface area is 152 Å². The van der Waals surface area contributed by atoms with Gasteiger partial charge < -0.3 is 5.32 Å². The predicted octanol–water partition coefficient (Wildman–Crippen LogP) is 3.72. The van der Waals surface area contributed by atoms with Crippen molar-refractivity contribution >= 4 is 17.7 Å². The van der Waals surface area contributed by atoms with Crippen molar-refractivity contribution in [3.05, 3.63) is 89.2 Å². The Balaban J connectivity index is 1.64. The topological polar surface area (TPSA) is 46.9 Å². The monoisotopic (exact) mass is 351 g/mol. The molecule has 0 bridgehead atoms. The summed E-state index contributed by atoms with van der Waals surface area (Å²) in [6.45, 7) is 1.20. The number of carbonyl (C=O) groups excluding carboxylic acids is 1. The minimum absolute atomic E-state index is 0.0513. The van der Waals surface area contributed by atoms with Gasteiger partial charge in [-0.3, -0.25) is 9.48 Å². The molecule has 0 radical (unpaired) electrons. The molecule has 25 heavy (non-hydrogen) atoms. The Morgan fingerprint density at radius 3 is 2.52 bits per heavy atom. The molecule has 2 aromatic carbocycles. The Morgan fingerprint density at radius 2 is 1.84 bits per heavy atom. The zero-order chi connectivity index (χ0) is 17.5. The number of rotatable bonds is 7. The molecule has 0 saturated carbocycles. The van der Waals surface area contributed by atoms with E-state index in [1.165, 1.54) is 5.56 Å². The average molecular weight is 351 g/mol. The van der Waals surface area contributed by atoms with Crippen molar-refractivity contribution in [3.63, 3.8) is 0 Å². The number of benzene rings is 2. The molecule has 1 aromatic heterocycles. The van der Waals surface area contributed by atoms with Crippen LogP contribution in [0.15, 0.2) is 67.0 Å². The molecule has 5 heteroatoms. The molecule has 0 unspecified atom stereocenters. The van der Waals surface area contributed by atoms with E-state index in [-0.39, 0.29) is 5.91 Å². The van der Waals surface area contributed by atoms with E-state index in [9.17, 15) is 4.79 Å². The second-order valence-corrected chi connectivity index (χ2v) is 6.65. The Hall–Kier alpha value is -2.53. The van der Waals surface area contributed by atoms with Crippen molar-refractivity contribution in [2.75, 3.05) is 6.26 Å². The van der Waals surface area contributed by atoms with Crippen LogP contribution in [0.3, 0.4) is 0 Å². The molecule has 128 valence electrons. The van der Waals surface area contributed by atoms with E-state index in [0.29, 0.717) is 18.7 Å². The number of hydrogen-bond donors (Lipinski definition) is 1. The molecule has 1 N–H and O–H groups in total. The molecule has 0 aliphatic rings. The molecule has 0 saturated heterocycles. The number of hydrogen-bond acceptors (Lipinski definition) is 3. The van der Waals surface area contributed by atoms with E-state index in [0.717, 1.165) is 16.9 Å². The lowest BCUT2D eigenvalue weighted by Gasteiger charge is -2.11. The van der Waals surface area contributed by atoms with Gasteiger partial charge in [0.25, 0.3) is 5.91 Å². The maximum Gasteiger partial charge on any atom is 0.251 e. The van der Waals surface area contributed by atoms with Gasteiger partial charge in [0, 0.05) is 30.3 Å². The molecule has 3 aromatic rings.